The highest BCUT2D eigenvalue weighted by atomic mass is 16.5. The van der Waals surface area contributed by atoms with E-state index in [-0.39, 0.29) is 11.9 Å². The van der Waals surface area contributed by atoms with Crippen LogP contribution in [-0.2, 0) is 16.0 Å². The Morgan fingerprint density at radius 3 is 2.31 bits per heavy atom. The summed E-state index contributed by atoms with van der Waals surface area (Å²) in [5, 5.41) is 0. The first-order valence-corrected chi connectivity index (χ1v) is 9.60. The lowest BCUT2D eigenvalue weighted by Crippen LogP contribution is -2.13. The van der Waals surface area contributed by atoms with Gasteiger partial charge >= 0.3 is 5.97 Å². The number of aromatic nitrogens is 2. The van der Waals surface area contributed by atoms with Gasteiger partial charge in [-0.1, -0.05) is 64.8 Å². The summed E-state index contributed by atoms with van der Waals surface area (Å²) < 4.78 is 5.35. The highest BCUT2D eigenvalue weighted by Gasteiger charge is 2.14. The summed E-state index contributed by atoms with van der Waals surface area (Å²) >= 11 is 0. The maximum Gasteiger partial charge on any atom is 0.306 e. The van der Waals surface area contributed by atoms with E-state index in [1.54, 1.807) is 0 Å². The Morgan fingerprint density at radius 2 is 1.73 bits per heavy atom. The van der Waals surface area contributed by atoms with Crippen molar-refractivity contribution in [3.05, 3.63) is 47.8 Å². The summed E-state index contributed by atoms with van der Waals surface area (Å²) in [6.45, 7) is 8.89. The van der Waals surface area contributed by atoms with Crippen LogP contribution in [0.2, 0.25) is 0 Å². The monoisotopic (exact) mass is 354 g/mol. The Labute approximate surface area is 157 Å². The van der Waals surface area contributed by atoms with E-state index in [0.29, 0.717) is 18.9 Å². The third kappa shape index (κ3) is 5.94. The van der Waals surface area contributed by atoms with Crippen molar-refractivity contribution >= 4 is 5.97 Å². The predicted octanol–water partition coefficient (Wildman–Crippen LogP) is 5.18. The quantitative estimate of drug-likeness (QED) is 0.582. The number of nitrogens with zero attached hydrogens (tertiary/aromatic N) is 2. The van der Waals surface area contributed by atoms with Gasteiger partial charge in [-0.15, -0.1) is 0 Å². The summed E-state index contributed by atoms with van der Waals surface area (Å²) in [7, 11) is 0. The van der Waals surface area contributed by atoms with Gasteiger partial charge in [-0.3, -0.25) is 4.79 Å². The maximum absolute atomic E-state index is 12.0. The number of benzene rings is 1. The van der Waals surface area contributed by atoms with Crippen LogP contribution in [0.4, 0.5) is 0 Å². The topological polar surface area (TPSA) is 52.1 Å². The molecule has 140 valence electrons. The molecule has 0 radical (unpaired) electrons. The van der Waals surface area contributed by atoms with E-state index in [0.717, 1.165) is 41.8 Å². The number of aryl methyl sites for hydroxylation is 1. The van der Waals surface area contributed by atoms with E-state index >= 15 is 0 Å². The van der Waals surface area contributed by atoms with Crippen LogP contribution in [0.5, 0.6) is 0 Å². The fourth-order valence-electron chi connectivity index (χ4n) is 2.66. The van der Waals surface area contributed by atoms with Crippen LogP contribution in [0.15, 0.2) is 36.7 Å². The molecular formula is C22H30N2O2. The molecule has 2 rings (SSSR count). The molecule has 0 aliphatic carbocycles. The second kappa shape index (κ2) is 10.0. The third-order valence-electron chi connectivity index (χ3n) is 4.68. The van der Waals surface area contributed by atoms with Crippen LogP contribution in [0.3, 0.4) is 0 Å². The third-order valence-corrected chi connectivity index (χ3v) is 4.68. The molecule has 0 fully saturated rings. The Hall–Kier alpha value is -2.23. The van der Waals surface area contributed by atoms with Gasteiger partial charge in [-0.25, -0.2) is 9.97 Å². The van der Waals surface area contributed by atoms with Gasteiger partial charge in [-0.2, -0.15) is 0 Å². The van der Waals surface area contributed by atoms with Crippen LogP contribution in [-0.4, -0.2) is 22.5 Å². The van der Waals surface area contributed by atoms with Gasteiger partial charge in [0.1, 0.15) is 0 Å². The summed E-state index contributed by atoms with van der Waals surface area (Å²) in [5.74, 6) is 1.15. The van der Waals surface area contributed by atoms with Gasteiger partial charge in [0, 0.05) is 18.0 Å². The fraction of sp³-hybridized carbons (Fsp3) is 0.500. The van der Waals surface area contributed by atoms with Crippen LogP contribution in [0.25, 0.3) is 11.4 Å². The summed E-state index contributed by atoms with van der Waals surface area (Å²) in [5.41, 5.74) is 3.28. The fourth-order valence-corrected chi connectivity index (χ4v) is 2.66. The van der Waals surface area contributed by atoms with Crippen molar-refractivity contribution in [3.63, 3.8) is 0 Å². The molecule has 1 aromatic carbocycles. The molecule has 1 aromatic heterocycles. The van der Waals surface area contributed by atoms with E-state index in [2.05, 4.69) is 37.7 Å². The zero-order chi connectivity index (χ0) is 18.9. The average Bonchev–Trinajstić information content (AvgIpc) is 2.67. The molecule has 26 heavy (non-hydrogen) atoms. The lowest BCUT2D eigenvalue weighted by Gasteiger charge is -2.14. The Bertz CT molecular complexity index is 680. The minimum absolute atomic E-state index is 0.126. The molecule has 2 atom stereocenters. The minimum atomic E-state index is -0.128. The molecule has 0 saturated carbocycles. The normalized spacial score (nSPS) is 13.2. The van der Waals surface area contributed by atoms with Gasteiger partial charge in [-0.05, 0) is 29.4 Å². The van der Waals surface area contributed by atoms with Gasteiger partial charge < -0.3 is 4.74 Å². The van der Waals surface area contributed by atoms with E-state index in [9.17, 15) is 4.79 Å². The Morgan fingerprint density at radius 1 is 1.08 bits per heavy atom. The second-order valence-corrected chi connectivity index (χ2v) is 7.09. The van der Waals surface area contributed by atoms with Crippen LogP contribution >= 0.6 is 0 Å². The molecule has 4 heteroatoms. The number of hydrogen-bond donors (Lipinski definition) is 0. The summed E-state index contributed by atoms with van der Waals surface area (Å²) in [6.07, 6.45) is 7.31. The van der Waals surface area contributed by atoms with Crippen LogP contribution in [0.1, 0.15) is 64.0 Å². The molecule has 0 bridgehead atoms. The van der Waals surface area contributed by atoms with Crippen molar-refractivity contribution in [3.8, 4) is 11.4 Å². The molecule has 0 spiro atoms. The van der Waals surface area contributed by atoms with Crippen molar-refractivity contribution in [2.45, 2.75) is 59.3 Å². The van der Waals surface area contributed by atoms with Crippen LogP contribution in [0, 0.1) is 5.92 Å². The average molecular weight is 354 g/mol. The molecule has 4 nitrogen and oxygen atoms in total. The van der Waals surface area contributed by atoms with Crippen molar-refractivity contribution in [2.75, 3.05) is 6.61 Å². The molecule has 0 aliphatic heterocycles. The maximum atomic E-state index is 12.0. The standard InChI is InChI=1S/C22H30N2O2/c1-5-7-18-13-23-22(24-14-18)20-10-8-19(9-11-20)17(4)12-21(25)26-15-16(3)6-2/h8-11,13-14,16-17H,5-7,12,15H2,1-4H3. The Kier molecular flexibility index (Phi) is 7.76. The van der Waals surface area contributed by atoms with Gasteiger partial charge in [0.05, 0.1) is 13.0 Å². The molecule has 0 amide bonds. The largest absolute Gasteiger partial charge is 0.465 e. The molecule has 0 saturated heterocycles. The number of rotatable bonds is 9. The smallest absolute Gasteiger partial charge is 0.306 e. The summed E-state index contributed by atoms with van der Waals surface area (Å²) in [6, 6.07) is 8.13. The van der Waals surface area contributed by atoms with Crippen LogP contribution < -0.4 is 0 Å². The molecule has 1 heterocycles. The predicted molar refractivity (Wildman–Crippen MR) is 105 cm³/mol. The molecule has 2 unspecified atom stereocenters. The first-order chi connectivity index (χ1) is 12.5. The molecule has 0 aliphatic rings. The highest BCUT2D eigenvalue weighted by Crippen LogP contribution is 2.23. The van der Waals surface area contributed by atoms with Crippen molar-refractivity contribution < 1.29 is 9.53 Å². The van der Waals surface area contributed by atoms with Crippen molar-refractivity contribution in [1.29, 1.82) is 0 Å². The number of ether oxygens (including phenoxy) is 1. The molecule has 0 N–H and O–H groups in total. The van der Waals surface area contributed by atoms with Gasteiger partial charge in [0.25, 0.3) is 0 Å². The second-order valence-electron chi connectivity index (χ2n) is 7.09. The Balaban J connectivity index is 1.94. The zero-order valence-corrected chi connectivity index (χ0v) is 16.4. The number of carbonyl (C=O) groups is 1. The first-order valence-electron chi connectivity index (χ1n) is 9.60. The van der Waals surface area contributed by atoms with E-state index in [1.165, 1.54) is 0 Å². The van der Waals surface area contributed by atoms with Crippen molar-refractivity contribution in [1.82, 2.24) is 9.97 Å². The van der Waals surface area contributed by atoms with Gasteiger partial charge in [0.2, 0.25) is 0 Å². The SMILES string of the molecule is CCCc1cnc(-c2ccc(C(C)CC(=O)OCC(C)CC)cc2)nc1. The number of hydrogen-bond acceptors (Lipinski definition) is 4. The van der Waals surface area contributed by atoms with E-state index in [1.807, 2.05) is 36.7 Å². The minimum Gasteiger partial charge on any atom is -0.465 e. The van der Waals surface area contributed by atoms with E-state index < -0.39 is 0 Å². The molecular weight excluding hydrogens is 324 g/mol. The lowest BCUT2D eigenvalue weighted by molar-refractivity contribution is -0.145. The summed E-state index contributed by atoms with van der Waals surface area (Å²) in [4.78, 5) is 20.9. The first kappa shape index (κ1) is 20.1. The zero-order valence-electron chi connectivity index (χ0n) is 16.4. The highest BCUT2D eigenvalue weighted by molar-refractivity contribution is 5.70. The number of esters is 1. The molecule has 2 aromatic rings. The van der Waals surface area contributed by atoms with E-state index in [4.69, 9.17) is 4.74 Å². The van der Waals surface area contributed by atoms with Crippen molar-refractivity contribution in [2.24, 2.45) is 5.92 Å². The number of carbonyl (C=O) groups excluding carboxylic acids is 1. The van der Waals surface area contributed by atoms with Gasteiger partial charge in [0.15, 0.2) is 5.82 Å². The lowest BCUT2D eigenvalue weighted by atomic mass is 9.96.